The van der Waals surface area contributed by atoms with Crippen molar-refractivity contribution in [2.24, 2.45) is 0 Å². The topological polar surface area (TPSA) is 21.3 Å². The summed E-state index contributed by atoms with van der Waals surface area (Å²) in [5, 5.41) is 3.39. The van der Waals surface area contributed by atoms with Crippen LogP contribution in [0.5, 0.6) is 11.5 Å². The Balaban J connectivity index is 1.90. The van der Waals surface area contributed by atoms with E-state index in [1.165, 1.54) is 6.07 Å². The molecule has 3 aromatic rings. The van der Waals surface area contributed by atoms with E-state index in [1.54, 1.807) is 6.07 Å². The van der Waals surface area contributed by atoms with Gasteiger partial charge in [0.1, 0.15) is 5.82 Å². The Morgan fingerprint density at radius 2 is 1.55 bits per heavy atom. The summed E-state index contributed by atoms with van der Waals surface area (Å²) < 4.78 is 20.2. The molecule has 0 bridgehead atoms. The Hall–Kier alpha value is -2.33. The van der Waals surface area contributed by atoms with Crippen molar-refractivity contribution in [3.8, 4) is 22.6 Å². The first kappa shape index (κ1) is 13.3. The van der Waals surface area contributed by atoms with E-state index in [-0.39, 0.29) is 5.82 Å². The molecular weight excluding hydrogens is 345 g/mol. The van der Waals surface area contributed by atoms with E-state index >= 15 is 0 Å². The van der Waals surface area contributed by atoms with Crippen LogP contribution in [0.15, 0.2) is 65.1 Å². The second-order valence-electron chi connectivity index (χ2n) is 5.00. The Bertz CT molecular complexity index is 879. The molecule has 0 unspecified atom stereocenters. The first-order chi connectivity index (χ1) is 10.7. The number of rotatable bonds is 1. The van der Waals surface area contributed by atoms with Gasteiger partial charge in [0.2, 0.25) is 0 Å². The minimum atomic E-state index is -0.285. The molecule has 4 rings (SSSR count). The molecule has 3 aromatic carbocycles. The molecule has 0 atom stereocenters. The molecule has 1 N–H and O–H groups in total. The van der Waals surface area contributed by atoms with E-state index < -0.39 is 0 Å². The molecule has 1 heterocycles. The summed E-state index contributed by atoms with van der Waals surface area (Å²) in [7, 11) is 0. The van der Waals surface area contributed by atoms with Crippen LogP contribution in [-0.4, -0.2) is 0 Å². The maximum atomic E-state index is 13.8. The number of fused-ring (bicyclic) bond motifs is 2. The summed E-state index contributed by atoms with van der Waals surface area (Å²) in [4.78, 5) is 0. The summed E-state index contributed by atoms with van der Waals surface area (Å²) >= 11 is 3.33. The normalized spacial score (nSPS) is 11.9. The quantitative estimate of drug-likeness (QED) is 0.445. The Kier molecular flexibility index (Phi) is 3.12. The fourth-order valence-electron chi connectivity index (χ4n) is 2.59. The second-order valence-corrected chi connectivity index (χ2v) is 5.80. The number of hydrogen-bond acceptors (Lipinski definition) is 2. The maximum Gasteiger partial charge on any atom is 0.151 e. The minimum absolute atomic E-state index is 0.285. The summed E-state index contributed by atoms with van der Waals surface area (Å²) in [5.74, 6) is 1.23. The van der Waals surface area contributed by atoms with Crippen molar-refractivity contribution in [3.63, 3.8) is 0 Å². The van der Waals surface area contributed by atoms with Crippen molar-refractivity contribution in [1.82, 2.24) is 0 Å². The van der Waals surface area contributed by atoms with E-state index in [9.17, 15) is 4.39 Å². The average Bonchev–Trinajstić information content (AvgIpc) is 2.55. The van der Waals surface area contributed by atoms with Crippen LogP contribution in [0.25, 0.3) is 11.1 Å². The zero-order valence-electron chi connectivity index (χ0n) is 11.4. The number of halogens is 2. The lowest BCUT2D eigenvalue weighted by molar-refractivity contribution is 0.481. The van der Waals surface area contributed by atoms with Gasteiger partial charge in [0.25, 0.3) is 0 Å². The van der Waals surface area contributed by atoms with Crippen LogP contribution in [0, 0.1) is 5.82 Å². The molecule has 0 saturated carbocycles. The third-order valence-corrected chi connectivity index (χ3v) is 4.44. The van der Waals surface area contributed by atoms with Crippen LogP contribution in [0.2, 0.25) is 0 Å². The van der Waals surface area contributed by atoms with Gasteiger partial charge in [-0.1, -0.05) is 36.4 Å². The largest absolute Gasteiger partial charge is 0.453 e. The standard InChI is InChI=1S/C18H11BrFNO/c19-17-11(5-3-7-13(17)20)12-6-4-10-16-18(12)21-14-8-1-2-9-15(14)22-16/h1-10,21H. The molecule has 1 aliphatic rings. The first-order valence-corrected chi connectivity index (χ1v) is 7.64. The van der Waals surface area contributed by atoms with Gasteiger partial charge >= 0.3 is 0 Å². The number of anilines is 2. The zero-order valence-corrected chi connectivity index (χ0v) is 13.0. The van der Waals surface area contributed by atoms with Gasteiger partial charge < -0.3 is 10.1 Å². The third kappa shape index (κ3) is 2.07. The van der Waals surface area contributed by atoms with Crippen molar-refractivity contribution in [2.45, 2.75) is 0 Å². The highest BCUT2D eigenvalue weighted by atomic mass is 79.9. The fourth-order valence-corrected chi connectivity index (χ4v) is 3.07. The number of para-hydroxylation sites is 3. The molecule has 108 valence electrons. The Labute approximate surface area is 135 Å². The summed E-state index contributed by atoms with van der Waals surface area (Å²) in [6.07, 6.45) is 0. The number of benzene rings is 3. The van der Waals surface area contributed by atoms with Crippen molar-refractivity contribution in [3.05, 3.63) is 71.0 Å². The van der Waals surface area contributed by atoms with Crippen LogP contribution in [0.4, 0.5) is 15.8 Å². The van der Waals surface area contributed by atoms with E-state index in [0.717, 1.165) is 34.0 Å². The highest BCUT2D eigenvalue weighted by Gasteiger charge is 2.20. The highest BCUT2D eigenvalue weighted by molar-refractivity contribution is 9.10. The number of ether oxygens (including phenoxy) is 1. The molecule has 0 amide bonds. The number of nitrogens with one attached hydrogen (secondary N) is 1. The molecular formula is C18H11BrFNO. The van der Waals surface area contributed by atoms with Gasteiger partial charge in [-0.15, -0.1) is 0 Å². The van der Waals surface area contributed by atoms with E-state index in [1.807, 2.05) is 48.5 Å². The first-order valence-electron chi connectivity index (χ1n) is 6.85. The summed E-state index contributed by atoms with van der Waals surface area (Å²) in [5.41, 5.74) is 3.41. The lowest BCUT2D eigenvalue weighted by atomic mass is 10.0. The summed E-state index contributed by atoms with van der Waals surface area (Å²) in [6.45, 7) is 0. The van der Waals surface area contributed by atoms with Crippen molar-refractivity contribution < 1.29 is 9.13 Å². The van der Waals surface area contributed by atoms with Gasteiger partial charge in [0.15, 0.2) is 11.5 Å². The molecule has 1 aliphatic heterocycles. The van der Waals surface area contributed by atoms with Gasteiger partial charge in [0, 0.05) is 11.1 Å². The van der Waals surface area contributed by atoms with Gasteiger partial charge in [-0.3, -0.25) is 0 Å². The molecule has 0 radical (unpaired) electrons. The predicted octanol–water partition coefficient (Wildman–Crippen LogP) is 6.10. The smallest absolute Gasteiger partial charge is 0.151 e. The van der Waals surface area contributed by atoms with Crippen molar-refractivity contribution in [1.29, 1.82) is 0 Å². The lowest BCUT2D eigenvalue weighted by Gasteiger charge is -2.24. The Morgan fingerprint density at radius 1 is 0.818 bits per heavy atom. The molecule has 0 aliphatic carbocycles. The maximum absolute atomic E-state index is 13.8. The van der Waals surface area contributed by atoms with Gasteiger partial charge in [-0.25, -0.2) is 4.39 Å². The molecule has 22 heavy (non-hydrogen) atoms. The summed E-state index contributed by atoms with van der Waals surface area (Å²) in [6, 6.07) is 18.5. The molecule has 0 aromatic heterocycles. The van der Waals surface area contributed by atoms with Crippen molar-refractivity contribution >= 4 is 27.3 Å². The molecule has 4 heteroatoms. The Morgan fingerprint density at radius 3 is 2.45 bits per heavy atom. The monoisotopic (exact) mass is 355 g/mol. The molecule has 2 nitrogen and oxygen atoms in total. The van der Waals surface area contributed by atoms with Crippen molar-refractivity contribution in [2.75, 3.05) is 5.32 Å². The van der Waals surface area contributed by atoms with E-state index in [4.69, 9.17) is 4.74 Å². The zero-order chi connectivity index (χ0) is 15.1. The minimum Gasteiger partial charge on any atom is -0.453 e. The van der Waals surface area contributed by atoms with Crippen LogP contribution >= 0.6 is 15.9 Å². The molecule has 0 fully saturated rings. The predicted molar refractivity (Wildman–Crippen MR) is 89.3 cm³/mol. The van der Waals surface area contributed by atoms with Gasteiger partial charge in [-0.2, -0.15) is 0 Å². The van der Waals surface area contributed by atoms with Crippen LogP contribution < -0.4 is 10.1 Å². The second kappa shape index (κ2) is 5.14. The fraction of sp³-hybridized carbons (Fsp3) is 0. The van der Waals surface area contributed by atoms with Crippen LogP contribution in [-0.2, 0) is 0 Å². The number of hydrogen-bond donors (Lipinski definition) is 1. The molecule has 0 spiro atoms. The van der Waals surface area contributed by atoms with Gasteiger partial charge in [0.05, 0.1) is 15.8 Å². The third-order valence-electron chi connectivity index (χ3n) is 3.63. The van der Waals surface area contributed by atoms with E-state index in [0.29, 0.717) is 4.47 Å². The van der Waals surface area contributed by atoms with E-state index in [2.05, 4.69) is 21.2 Å². The van der Waals surface area contributed by atoms with Crippen LogP contribution in [0.1, 0.15) is 0 Å². The molecule has 0 saturated heterocycles. The lowest BCUT2D eigenvalue weighted by Crippen LogP contribution is -2.04. The van der Waals surface area contributed by atoms with Gasteiger partial charge in [-0.05, 0) is 40.2 Å². The SMILES string of the molecule is Fc1cccc(-c2cccc3c2Nc2ccccc2O3)c1Br. The van der Waals surface area contributed by atoms with Crippen LogP contribution in [0.3, 0.4) is 0 Å². The highest BCUT2D eigenvalue weighted by Crippen LogP contribution is 2.47. The average molecular weight is 356 g/mol.